The lowest BCUT2D eigenvalue weighted by Crippen LogP contribution is -2.43. The van der Waals surface area contributed by atoms with Crippen LogP contribution in [0.2, 0.25) is 0 Å². The number of hydrogen-bond donors (Lipinski definition) is 0. The van der Waals surface area contributed by atoms with Crippen LogP contribution in [0.5, 0.6) is 0 Å². The lowest BCUT2D eigenvalue weighted by Gasteiger charge is -2.36. The molecule has 21 heavy (non-hydrogen) atoms. The number of nitrogens with zero attached hydrogens (tertiary/aromatic N) is 3. The SMILES string of the molecule is C.COC1CCCCC1N1Cc2cn(S(C)(=O)=O)nc2C1. The van der Waals surface area contributed by atoms with Crippen molar-refractivity contribution in [2.24, 2.45) is 0 Å². The van der Waals surface area contributed by atoms with Crippen molar-refractivity contribution < 1.29 is 13.2 Å². The molecule has 1 fully saturated rings. The number of hydrogen-bond acceptors (Lipinski definition) is 5. The minimum absolute atomic E-state index is 0. The van der Waals surface area contributed by atoms with Crippen LogP contribution in [0.1, 0.15) is 44.4 Å². The third kappa shape index (κ3) is 3.14. The second-order valence-corrected chi connectivity index (χ2v) is 7.61. The van der Waals surface area contributed by atoms with Gasteiger partial charge in [0.15, 0.2) is 0 Å². The molecule has 0 spiro atoms. The van der Waals surface area contributed by atoms with Gasteiger partial charge in [0.2, 0.25) is 0 Å². The summed E-state index contributed by atoms with van der Waals surface area (Å²) in [6, 6.07) is 0.426. The highest BCUT2D eigenvalue weighted by Gasteiger charge is 2.35. The van der Waals surface area contributed by atoms with Crippen LogP contribution in [0.25, 0.3) is 0 Å². The zero-order valence-corrected chi connectivity index (χ0v) is 12.8. The standard InChI is InChI=1S/C13H21N3O3S.CH4/c1-19-13-6-4-3-5-12(13)15-7-10-8-16(20(2,17)18)14-11(10)9-15;/h8,12-13H,3-7,9H2,1-2H3;1H4. The highest BCUT2D eigenvalue weighted by molar-refractivity contribution is 7.89. The molecule has 0 saturated heterocycles. The highest BCUT2D eigenvalue weighted by atomic mass is 32.2. The molecule has 1 aliphatic heterocycles. The first-order valence-electron chi connectivity index (χ1n) is 7.04. The number of rotatable bonds is 3. The first-order chi connectivity index (χ1) is 9.49. The van der Waals surface area contributed by atoms with E-state index in [4.69, 9.17) is 4.74 Å². The Hall–Kier alpha value is -0.920. The third-order valence-electron chi connectivity index (χ3n) is 4.36. The fraction of sp³-hybridized carbons (Fsp3) is 0.786. The molecule has 1 aromatic heterocycles. The molecular weight excluding hydrogens is 290 g/mol. The van der Waals surface area contributed by atoms with Gasteiger partial charge >= 0.3 is 0 Å². The van der Waals surface area contributed by atoms with Crippen LogP contribution in [0.3, 0.4) is 0 Å². The van der Waals surface area contributed by atoms with Crippen molar-refractivity contribution >= 4 is 10.0 Å². The molecular formula is C14H25N3O3S. The molecule has 3 rings (SSSR count). The molecule has 2 aliphatic rings. The molecule has 0 aromatic carbocycles. The third-order valence-corrected chi connectivity index (χ3v) is 5.23. The van der Waals surface area contributed by atoms with E-state index in [1.165, 1.54) is 19.1 Å². The van der Waals surface area contributed by atoms with E-state index in [9.17, 15) is 8.42 Å². The molecule has 1 aliphatic carbocycles. The Labute approximate surface area is 127 Å². The van der Waals surface area contributed by atoms with E-state index in [1.807, 2.05) is 0 Å². The Morgan fingerprint density at radius 3 is 2.62 bits per heavy atom. The second-order valence-electron chi connectivity index (χ2n) is 5.77. The lowest BCUT2D eigenvalue weighted by atomic mass is 9.91. The van der Waals surface area contributed by atoms with Gasteiger partial charge in [0.25, 0.3) is 10.0 Å². The van der Waals surface area contributed by atoms with E-state index in [0.717, 1.165) is 41.3 Å². The van der Waals surface area contributed by atoms with E-state index < -0.39 is 10.0 Å². The number of ether oxygens (including phenoxy) is 1. The minimum atomic E-state index is -3.28. The molecule has 0 N–H and O–H groups in total. The Morgan fingerprint density at radius 1 is 1.29 bits per heavy atom. The zero-order valence-electron chi connectivity index (χ0n) is 11.9. The fourth-order valence-electron chi connectivity index (χ4n) is 3.33. The summed E-state index contributed by atoms with van der Waals surface area (Å²) in [5.41, 5.74) is 1.91. The van der Waals surface area contributed by atoms with Gasteiger partial charge in [-0.25, -0.2) is 8.42 Å². The van der Waals surface area contributed by atoms with Crippen molar-refractivity contribution in [1.82, 2.24) is 14.1 Å². The van der Waals surface area contributed by atoms with Crippen molar-refractivity contribution in [3.05, 3.63) is 17.5 Å². The first kappa shape index (κ1) is 16.5. The largest absolute Gasteiger partial charge is 0.380 e. The van der Waals surface area contributed by atoms with E-state index in [2.05, 4.69) is 10.00 Å². The van der Waals surface area contributed by atoms with E-state index in [0.29, 0.717) is 6.04 Å². The number of fused-ring (bicyclic) bond motifs is 1. The molecule has 120 valence electrons. The Bertz CT molecular complexity index is 573. The van der Waals surface area contributed by atoms with Gasteiger partial charge in [0.05, 0.1) is 18.1 Å². The molecule has 2 unspecified atom stereocenters. The van der Waals surface area contributed by atoms with Crippen molar-refractivity contribution in [3.63, 3.8) is 0 Å². The first-order valence-corrected chi connectivity index (χ1v) is 8.88. The molecule has 1 saturated carbocycles. The average molecular weight is 315 g/mol. The van der Waals surface area contributed by atoms with Gasteiger partial charge in [-0.3, -0.25) is 4.90 Å². The summed E-state index contributed by atoms with van der Waals surface area (Å²) in [4.78, 5) is 2.37. The van der Waals surface area contributed by atoms with Gasteiger partial charge in [-0.15, -0.1) is 0 Å². The summed E-state index contributed by atoms with van der Waals surface area (Å²) in [7, 11) is -1.50. The number of aromatic nitrogens is 2. The number of methoxy groups -OCH3 is 1. The monoisotopic (exact) mass is 315 g/mol. The van der Waals surface area contributed by atoms with Crippen molar-refractivity contribution in [2.75, 3.05) is 13.4 Å². The van der Waals surface area contributed by atoms with Gasteiger partial charge < -0.3 is 4.74 Å². The fourth-order valence-corrected chi connectivity index (χ4v) is 3.89. The Morgan fingerprint density at radius 2 is 2.00 bits per heavy atom. The predicted molar refractivity (Wildman–Crippen MR) is 81.5 cm³/mol. The minimum Gasteiger partial charge on any atom is -0.380 e. The molecule has 0 radical (unpaired) electrons. The van der Waals surface area contributed by atoms with Gasteiger partial charge in [0, 0.05) is 38.0 Å². The summed E-state index contributed by atoms with van der Waals surface area (Å²) < 4.78 is 29.7. The normalized spacial score (nSPS) is 26.4. The lowest BCUT2D eigenvalue weighted by molar-refractivity contribution is -0.0133. The summed E-state index contributed by atoms with van der Waals surface area (Å²) in [6.45, 7) is 1.50. The van der Waals surface area contributed by atoms with Crippen LogP contribution >= 0.6 is 0 Å². The topological polar surface area (TPSA) is 64.4 Å². The predicted octanol–water partition coefficient (Wildman–Crippen LogP) is 1.60. The Balaban J connectivity index is 0.00000161. The molecule has 7 heteroatoms. The summed E-state index contributed by atoms with van der Waals surface area (Å²) in [5, 5.41) is 4.20. The maximum absolute atomic E-state index is 11.5. The zero-order chi connectivity index (χ0) is 14.3. The maximum atomic E-state index is 11.5. The average Bonchev–Trinajstić information content (AvgIpc) is 2.96. The van der Waals surface area contributed by atoms with Gasteiger partial charge in [0.1, 0.15) is 0 Å². The van der Waals surface area contributed by atoms with Crippen molar-refractivity contribution in [2.45, 2.75) is 58.3 Å². The maximum Gasteiger partial charge on any atom is 0.250 e. The summed E-state index contributed by atoms with van der Waals surface area (Å²) >= 11 is 0. The van der Waals surface area contributed by atoms with E-state index in [-0.39, 0.29) is 13.5 Å². The molecule has 0 amide bonds. The molecule has 6 nitrogen and oxygen atoms in total. The van der Waals surface area contributed by atoms with E-state index in [1.54, 1.807) is 13.3 Å². The van der Waals surface area contributed by atoms with Gasteiger partial charge in [-0.05, 0) is 12.8 Å². The van der Waals surface area contributed by atoms with Crippen molar-refractivity contribution in [3.8, 4) is 0 Å². The second kappa shape index (κ2) is 6.06. The highest BCUT2D eigenvalue weighted by Crippen LogP contribution is 2.31. The van der Waals surface area contributed by atoms with Crippen LogP contribution in [0.4, 0.5) is 0 Å². The molecule has 0 bridgehead atoms. The quantitative estimate of drug-likeness (QED) is 0.848. The Kier molecular flexibility index (Phi) is 4.75. The summed E-state index contributed by atoms with van der Waals surface area (Å²) in [5.74, 6) is 0. The molecule has 2 atom stereocenters. The van der Waals surface area contributed by atoms with Crippen molar-refractivity contribution in [1.29, 1.82) is 0 Å². The molecule has 2 heterocycles. The van der Waals surface area contributed by atoms with Crippen LogP contribution < -0.4 is 0 Å². The molecule has 1 aromatic rings. The summed E-state index contributed by atoms with van der Waals surface area (Å²) in [6.07, 6.45) is 7.84. The smallest absolute Gasteiger partial charge is 0.250 e. The van der Waals surface area contributed by atoms with Crippen LogP contribution in [0, 0.1) is 0 Å². The van der Waals surface area contributed by atoms with Crippen LogP contribution in [0.15, 0.2) is 6.20 Å². The van der Waals surface area contributed by atoms with E-state index >= 15 is 0 Å². The van der Waals surface area contributed by atoms with Crippen LogP contribution in [-0.4, -0.2) is 48.0 Å². The van der Waals surface area contributed by atoms with Gasteiger partial charge in [-0.1, -0.05) is 20.3 Å². The van der Waals surface area contributed by atoms with Gasteiger partial charge in [-0.2, -0.15) is 9.19 Å². The van der Waals surface area contributed by atoms with Crippen LogP contribution in [-0.2, 0) is 27.8 Å².